The first-order valence-corrected chi connectivity index (χ1v) is 8.15. The average molecular weight is 291 g/mol. The molecule has 0 aliphatic rings. The Labute approximate surface area is 124 Å². The van der Waals surface area contributed by atoms with Crippen LogP contribution in [0.3, 0.4) is 0 Å². The summed E-state index contributed by atoms with van der Waals surface area (Å²) in [4.78, 5) is 0. The van der Waals surface area contributed by atoms with Crippen molar-refractivity contribution in [3.63, 3.8) is 0 Å². The summed E-state index contributed by atoms with van der Waals surface area (Å²) in [6.45, 7) is 5.17. The zero-order chi connectivity index (χ0) is 14.4. The summed E-state index contributed by atoms with van der Waals surface area (Å²) in [6, 6.07) is 7.48. The SMILES string of the molecule is CCCNC(CCc1ccsc1)c1cc(F)ccc1C. The summed E-state index contributed by atoms with van der Waals surface area (Å²) >= 11 is 1.73. The van der Waals surface area contributed by atoms with Crippen LogP contribution in [0, 0.1) is 12.7 Å². The fourth-order valence-corrected chi connectivity index (χ4v) is 3.12. The molecule has 20 heavy (non-hydrogen) atoms. The third-order valence-corrected chi connectivity index (χ3v) is 4.29. The van der Waals surface area contributed by atoms with Crippen LogP contribution in [-0.4, -0.2) is 6.54 Å². The van der Waals surface area contributed by atoms with Crippen molar-refractivity contribution in [3.8, 4) is 0 Å². The Hall–Kier alpha value is -1.19. The van der Waals surface area contributed by atoms with Gasteiger partial charge in [-0.25, -0.2) is 4.39 Å². The third kappa shape index (κ3) is 4.15. The average Bonchev–Trinajstić information content (AvgIpc) is 2.95. The lowest BCUT2D eigenvalue weighted by atomic mass is 9.96. The topological polar surface area (TPSA) is 12.0 Å². The first kappa shape index (κ1) is 15.2. The normalized spacial score (nSPS) is 12.6. The van der Waals surface area contributed by atoms with Crippen molar-refractivity contribution in [2.45, 2.75) is 39.2 Å². The van der Waals surface area contributed by atoms with Crippen molar-refractivity contribution in [2.75, 3.05) is 6.54 Å². The molecular weight excluding hydrogens is 269 g/mol. The lowest BCUT2D eigenvalue weighted by molar-refractivity contribution is 0.494. The zero-order valence-corrected chi connectivity index (χ0v) is 13.0. The Kier molecular flexibility index (Phi) is 5.74. The minimum Gasteiger partial charge on any atom is -0.310 e. The smallest absolute Gasteiger partial charge is 0.123 e. The van der Waals surface area contributed by atoms with E-state index in [1.54, 1.807) is 17.4 Å². The monoisotopic (exact) mass is 291 g/mol. The van der Waals surface area contributed by atoms with Crippen LogP contribution < -0.4 is 5.32 Å². The van der Waals surface area contributed by atoms with Crippen molar-refractivity contribution >= 4 is 11.3 Å². The van der Waals surface area contributed by atoms with Gasteiger partial charge in [0.15, 0.2) is 0 Å². The van der Waals surface area contributed by atoms with E-state index in [9.17, 15) is 4.39 Å². The van der Waals surface area contributed by atoms with E-state index in [1.807, 2.05) is 6.07 Å². The van der Waals surface area contributed by atoms with Crippen molar-refractivity contribution < 1.29 is 4.39 Å². The van der Waals surface area contributed by atoms with Crippen molar-refractivity contribution in [1.82, 2.24) is 5.32 Å². The molecule has 1 atom stereocenters. The van der Waals surface area contributed by atoms with Gasteiger partial charge in [-0.05, 0) is 78.4 Å². The Bertz CT molecular complexity index is 522. The Balaban J connectivity index is 2.11. The van der Waals surface area contributed by atoms with Crippen LogP contribution in [0.5, 0.6) is 0 Å². The highest BCUT2D eigenvalue weighted by atomic mass is 32.1. The van der Waals surface area contributed by atoms with Crippen molar-refractivity contribution in [1.29, 1.82) is 0 Å². The number of halogens is 1. The largest absolute Gasteiger partial charge is 0.310 e. The number of nitrogens with one attached hydrogen (secondary N) is 1. The van der Waals surface area contributed by atoms with E-state index >= 15 is 0 Å². The predicted octanol–water partition coefficient (Wildman–Crippen LogP) is 4.87. The van der Waals surface area contributed by atoms with Gasteiger partial charge in [0.2, 0.25) is 0 Å². The van der Waals surface area contributed by atoms with E-state index < -0.39 is 0 Å². The first-order valence-electron chi connectivity index (χ1n) is 7.21. The molecule has 1 unspecified atom stereocenters. The van der Waals surface area contributed by atoms with E-state index in [1.165, 1.54) is 11.6 Å². The summed E-state index contributed by atoms with van der Waals surface area (Å²) in [5.74, 6) is -0.149. The standard InChI is InChI=1S/C17H22FNS/c1-3-9-19-17(7-5-14-8-10-20-12-14)16-11-15(18)6-4-13(16)2/h4,6,8,10-12,17,19H,3,5,7,9H2,1-2H3. The molecule has 2 rings (SSSR count). The number of thiophene rings is 1. The van der Waals surface area contributed by atoms with Crippen LogP contribution in [-0.2, 0) is 6.42 Å². The fourth-order valence-electron chi connectivity index (χ4n) is 2.42. The van der Waals surface area contributed by atoms with Crippen LogP contribution >= 0.6 is 11.3 Å². The maximum absolute atomic E-state index is 13.5. The van der Waals surface area contributed by atoms with Crippen LogP contribution in [0.15, 0.2) is 35.0 Å². The van der Waals surface area contributed by atoms with E-state index in [-0.39, 0.29) is 11.9 Å². The van der Waals surface area contributed by atoms with Crippen molar-refractivity contribution in [2.24, 2.45) is 0 Å². The molecule has 0 spiro atoms. The number of hydrogen-bond donors (Lipinski definition) is 1. The number of aryl methyl sites for hydroxylation is 2. The highest BCUT2D eigenvalue weighted by Gasteiger charge is 2.14. The van der Waals surface area contributed by atoms with Crippen LogP contribution in [0.1, 0.15) is 42.5 Å². The van der Waals surface area contributed by atoms with Gasteiger partial charge in [-0.3, -0.25) is 0 Å². The molecule has 0 saturated carbocycles. The van der Waals surface area contributed by atoms with Gasteiger partial charge in [-0.1, -0.05) is 13.0 Å². The summed E-state index contributed by atoms with van der Waals surface area (Å²) in [5, 5.41) is 7.85. The molecule has 1 heterocycles. The second-order valence-electron chi connectivity index (χ2n) is 5.18. The van der Waals surface area contributed by atoms with Crippen LogP contribution in [0.25, 0.3) is 0 Å². The summed E-state index contributed by atoms with van der Waals surface area (Å²) in [6.07, 6.45) is 3.12. The van der Waals surface area contributed by atoms with Gasteiger partial charge in [-0.15, -0.1) is 0 Å². The van der Waals surface area contributed by atoms with Gasteiger partial charge in [-0.2, -0.15) is 11.3 Å². The second kappa shape index (κ2) is 7.55. The molecule has 1 nitrogen and oxygen atoms in total. The zero-order valence-electron chi connectivity index (χ0n) is 12.2. The number of hydrogen-bond acceptors (Lipinski definition) is 2. The fraction of sp³-hybridized carbons (Fsp3) is 0.412. The number of rotatable bonds is 7. The Morgan fingerprint density at radius 2 is 2.15 bits per heavy atom. The summed E-state index contributed by atoms with van der Waals surface area (Å²) in [5.41, 5.74) is 3.62. The van der Waals surface area contributed by atoms with Gasteiger partial charge in [0, 0.05) is 6.04 Å². The quantitative estimate of drug-likeness (QED) is 0.767. The highest BCUT2D eigenvalue weighted by Crippen LogP contribution is 2.24. The lowest BCUT2D eigenvalue weighted by Gasteiger charge is -2.21. The molecular formula is C17H22FNS. The van der Waals surface area contributed by atoms with Gasteiger partial charge in [0.1, 0.15) is 5.82 Å². The molecule has 0 fully saturated rings. The van der Waals surface area contributed by atoms with E-state index in [0.29, 0.717) is 0 Å². The first-order chi connectivity index (χ1) is 9.70. The Morgan fingerprint density at radius 1 is 1.30 bits per heavy atom. The van der Waals surface area contributed by atoms with Gasteiger partial charge < -0.3 is 5.32 Å². The predicted molar refractivity (Wildman–Crippen MR) is 84.8 cm³/mol. The second-order valence-corrected chi connectivity index (χ2v) is 5.96. The molecule has 108 valence electrons. The van der Waals surface area contributed by atoms with E-state index in [4.69, 9.17) is 0 Å². The lowest BCUT2D eigenvalue weighted by Crippen LogP contribution is -2.23. The van der Waals surface area contributed by atoms with Crippen LogP contribution in [0.4, 0.5) is 4.39 Å². The van der Waals surface area contributed by atoms with Crippen LogP contribution in [0.2, 0.25) is 0 Å². The number of benzene rings is 1. The molecule has 0 amide bonds. The molecule has 1 N–H and O–H groups in total. The van der Waals surface area contributed by atoms with Gasteiger partial charge in [0.25, 0.3) is 0 Å². The van der Waals surface area contributed by atoms with Crippen molar-refractivity contribution in [3.05, 3.63) is 57.5 Å². The molecule has 3 heteroatoms. The maximum atomic E-state index is 13.5. The molecule has 1 aromatic carbocycles. The molecule has 1 aromatic heterocycles. The van der Waals surface area contributed by atoms with Gasteiger partial charge in [0.05, 0.1) is 0 Å². The molecule has 0 bridgehead atoms. The Morgan fingerprint density at radius 3 is 2.85 bits per heavy atom. The molecule has 0 aliphatic heterocycles. The molecule has 0 radical (unpaired) electrons. The van der Waals surface area contributed by atoms with E-state index in [2.05, 4.69) is 36.0 Å². The summed E-state index contributed by atoms with van der Waals surface area (Å²) in [7, 11) is 0. The molecule has 2 aromatic rings. The third-order valence-electron chi connectivity index (χ3n) is 3.56. The van der Waals surface area contributed by atoms with Gasteiger partial charge >= 0.3 is 0 Å². The minimum atomic E-state index is -0.149. The maximum Gasteiger partial charge on any atom is 0.123 e. The molecule has 0 aliphatic carbocycles. The van der Waals surface area contributed by atoms with E-state index in [0.717, 1.165) is 36.9 Å². The highest BCUT2D eigenvalue weighted by molar-refractivity contribution is 7.07. The molecule has 0 saturated heterocycles. The summed E-state index contributed by atoms with van der Waals surface area (Å²) < 4.78 is 13.5. The minimum absolute atomic E-state index is 0.149.